The molecular formula is C31H37F4N5O3. The number of hydrogen-bond donors (Lipinski definition) is 3. The van der Waals surface area contributed by atoms with Crippen molar-refractivity contribution < 1.29 is 32.2 Å². The van der Waals surface area contributed by atoms with Crippen LogP contribution in [0.15, 0.2) is 48.7 Å². The molecule has 232 valence electrons. The highest BCUT2D eigenvalue weighted by atomic mass is 19.1. The van der Waals surface area contributed by atoms with Crippen LogP contribution in [-0.2, 0) is 11.3 Å². The van der Waals surface area contributed by atoms with Crippen LogP contribution in [0.5, 0.6) is 0 Å². The molecule has 43 heavy (non-hydrogen) atoms. The first-order chi connectivity index (χ1) is 20.7. The molecule has 2 aliphatic heterocycles. The maximum atomic E-state index is 15.0. The van der Waals surface area contributed by atoms with Gasteiger partial charge >= 0.3 is 6.03 Å². The summed E-state index contributed by atoms with van der Waals surface area (Å²) < 4.78 is 65.7. The van der Waals surface area contributed by atoms with E-state index in [0.29, 0.717) is 44.0 Å². The molecule has 2 aromatic carbocycles. The number of nitrogens with zero attached hydrogens (tertiary/aromatic N) is 3. The Labute approximate surface area is 248 Å². The van der Waals surface area contributed by atoms with Crippen LogP contribution < -0.4 is 10.6 Å². The summed E-state index contributed by atoms with van der Waals surface area (Å²) in [6.07, 6.45) is 1.54. The van der Waals surface area contributed by atoms with Gasteiger partial charge in [0.15, 0.2) is 0 Å². The summed E-state index contributed by atoms with van der Waals surface area (Å²) in [5.74, 6) is -2.03. The molecule has 8 nitrogen and oxygen atoms in total. The third-order valence-electron chi connectivity index (χ3n) is 8.16. The van der Waals surface area contributed by atoms with E-state index >= 15 is 0 Å². The minimum Gasteiger partial charge on any atom is -0.394 e. The summed E-state index contributed by atoms with van der Waals surface area (Å²) >= 11 is 0. The van der Waals surface area contributed by atoms with Crippen LogP contribution in [0.2, 0.25) is 0 Å². The van der Waals surface area contributed by atoms with Crippen LogP contribution >= 0.6 is 0 Å². The molecule has 0 radical (unpaired) electrons. The highest BCUT2D eigenvalue weighted by molar-refractivity contribution is 5.75. The number of ether oxygens (including phenoxy) is 1. The van der Waals surface area contributed by atoms with Crippen LogP contribution in [-0.4, -0.2) is 77.3 Å². The van der Waals surface area contributed by atoms with Gasteiger partial charge in [0.05, 0.1) is 24.4 Å². The molecule has 3 heterocycles. The molecule has 3 N–H and O–H groups in total. The molecule has 2 saturated heterocycles. The van der Waals surface area contributed by atoms with Gasteiger partial charge in [-0.15, -0.1) is 0 Å². The molecule has 0 bridgehead atoms. The monoisotopic (exact) mass is 603 g/mol. The fraction of sp³-hybridized carbons (Fsp3) is 0.484. The SMILES string of the molecule is C[C@@H](CO)NC(=O)N(C[C@@H]1CNC[C@@H]1F)C(c1nc(-c2cc(F)ccc2F)cn1Cc1cccc(F)c1)C1CCOCC1. The van der Waals surface area contributed by atoms with Crippen molar-refractivity contribution in [1.82, 2.24) is 25.1 Å². The number of carbonyl (C=O) groups excluding carboxylic acids is 1. The van der Waals surface area contributed by atoms with Crippen LogP contribution in [0, 0.1) is 29.3 Å². The number of benzene rings is 2. The van der Waals surface area contributed by atoms with Gasteiger partial charge in [-0.25, -0.2) is 27.3 Å². The van der Waals surface area contributed by atoms with Crippen molar-refractivity contribution in [3.63, 3.8) is 0 Å². The number of nitrogens with one attached hydrogen (secondary N) is 2. The summed E-state index contributed by atoms with van der Waals surface area (Å²) in [5, 5.41) is 15.5. The molecule has 2 aliphatic rings. The second kappa shape index (κ2) is 13.9. The lowest BCUT2D eigenvalue weighted by atomic mass is 9.89. The number of imidazole rings is 1. The maximum absolute atomic E-state index is 15.0. The minimum atomic E-state index is -1.18. The lowest BCUT2D eigenvalue weighted by Gasteiger charge is -2.40. The van der Waals surface area contributed by atoms with E-state index in [-0.39, 0.29) is 43.4 Å². The zero-order valence-corrected chi connectivity index (χ0v) is 24.0. The molecule has 3 aromatic rings. The van der Waals surface area contributed by atoms with Gasteiger partial charge in [-0.05, 0) is 61.6 Å². The average molecular weight is 604 g/mol. The number of urea groups is 1. The zero-order chi connectivity index (χ0) is 30.5. The van der Waals surface area contributed by atoms with Gasteiger partial charge in [0, 0.05) is 57.1 Å². The predicted octanol–water partition coefficient (Wildman–Crippen LogP) is 4.43. The van der Waals surface area contributed by atoms with Crippen molar-refractivity contribution in [3.05, 3.63) is 77.5 Å². The number of halogens is 4. The standard InChI is InChI=1S/C31H37F4N5O3/c1-19(18-41)37-31(42)40(16-22-13-36-14-27(22)35)29(21-7-9-43-10-8-21)30-38-28(25-12-24(33)5-6-26(25)34)17-39(30)15-20-3-2-4-23(32)11-20/h2-6,11-12,17,19,21-22,27,29,36,41H,7-10,13-16,18H2,1H3,(H,37,42)/t19-,22-,27-,29?/m0/s1. The van der Waals surface area contributed by atoms with Crippen LogP contribution in [0.3, 0.4) is 0 Å². The summed E-state index contributed by atoms with van der Waals surface area (Å²) in [5.41, 5.74) is 0.693. The fourth-order valence-corrected chi connectivity index (χ4v) is 5.88. The van der Waals surface area contributed by atoms with E-state index in [2.05, 4.69) is 10.6 Å². The second-order valence-corrected chi connectivity index (χ2v) is 11.4. The van der Waals surface area contributed by atoms with Gasteiger partial charge in [-0.2, -0.15) is 0 Å². The van der Waals surface area contributed by atoms with Crippen molar-refractivity contribution in [2.24, 2.45) is 11.8 Å². The molecule has 4 atom stereocenters. The number of aliphatic hydroxyl groups excluding tert-OH is 1. The summed E-state index contributed by atoms with van der Waals surface area (Å²) in [6.45, 7) is 2.98. The van der Waals surface area contributed by atoms with Gasteiger partial charge in [0.25, 0.3) is 0 Å². The fourth-order valence-electron chi connectivity index (χ4n) is 5.88. The van der Waals surface area contributed by atoms with Crippen molar-refractivity contribution >= 4 is 6.03 Å². The predicted molar refractivity (Wildman–Crippen MR) is 152 cm³/mol. The Kier molecular flexibility index (Phi) is 9.99. The lowest BCUT2D eigenvalue weighted by Crippen LogP contribution is -2.51. The molecule has 0 saturated carbocycles. The zero-order valence-electron chi connectivity index (χ0n) is 24.0. The molecular weight excluding hydrogens is 566 g/mol. The molecule has 5 rings (SSSR count). The Morgan fingerprint density at radius 1 is 1.16 bits per heavy atom. The van der Waals surface area contributed by atoms with E-state index in [9.17, 15) is 27.5 Å². The summed E-state index contributed by atoms with van der Waals surface area (Å²) in [4.78, 5) is 20.3. The number of alkyl halides is 1. The van der Waals surface area contributed by atoms with Crippen molar-refractivity contribution in [2.45, 2.75) is 44.6 Å². The Bertz CT molecular complexity index is 1400. The molecule has 1 unspecified atom stereocenters. The largest absolute Gasteiger partial charge is 0.394 e. The van der Waals surface area contributed by atoms with Gasteiger partial charge < -0.3 is 29.9 Å². The number of amides is 2. The normalized spacial score (nSPS) is 20.6. The Hall–Kier alpha value is -3.48. The van der Waals surface area contributed by atoms with E-state index in [1.54, 1.807) is 34.7 Å². The molecule has 2 fully saturated rings. The number of aromatic nitrogens is 2. The lowest BCUT2D eigenvalue weighted by molar-refractivity contribution is 0.0253. The van der Waals surface area contributed by atoms with Crippen molar-refractivity contribution in [3.8, 4) is 11.3 Å². The minimum absolute atomic E-state index is 0.0522. The van der Waals surface area contributed by atoms with Gasteiger partial charge in [-0.3, -0.25) is 0 Å². The quantitative estimate of drug-likeness (QED) is 0.299. The third-order valence-corrected chi connectivity index (χ3v) is 8.16. The molecule has 12 heteroatoms. The number of carbonyl (C=O) groups is 1. The van der Waals surface area contributed by atoms with Gasteiger partial charge in [-0.1, -0.05) is 12.1 Å². The highest BCUT2D eigenvalue weighted by Gasteiger charge is 2.40. The van der Waals surface area contributed by atoms with Crippen LogP contribution in [0.4, 0.5) is 22.4 Å². The first-order valence-corrected chi connectivity index (χ1v) is 14.6. The molecule has 2 amide bonds. The van der Waals surface area contributed by atoms with E-state index in [4.69, 9.17) is 9.72 Å². The van der Waals surface area contributed by atoms with E-state index < -0.39 is 47.7 Å². The smallest absolute Gasteiger partial charge is 0.318 e. The number of hydrogen-bond acceptors (Lipinski definition) is 5. The number of rotatable bonds is 10. The Morgan fingerprint density at radius 3 is 2.63 bits per heavy atom. The molecule has 1 aromatic heterocycles. The second-order valence-electron chi connectivity index (χ2n) is 11.4. The first-order valence-electron chi connectivity index (χ1n) is 14.6. The molecule has 0 aliphatic carbocycles. The maximum Gasteiger partial charge on any atom is 0.318 e. The number of aliphatic hydroxyl groups is 1. The first kappa shape index (κ1) is 31.0. The van der Waals surface area contributed by atoms with Crippen LogP contribution in [0.25, 0.3) is 11.3 Å². The third kappa shape index (κ3) is 7.36. The van der Waals surface area contributed by atoms with Gasteiger partial charge in [0.2, 0.25) is 0 Å². The Balaban J connectivity index is 1.65. The Morgan fingerprint density at radius 2 is 1.93 bits per heavy atom. The van der Waals surface area contributed by atoms with E-state index in [1.807, 2.05) is 0 Å². The summed E-state index contributed by atoms with van der Waals surface area (Å²) in [7, 11) is 0. The van der Waals surface area contributed by atoms with Crippen molar-refractivity contribution in [2.75, 3.05) is 39.5 Å². The van der Waals surface area contributed by atoms with E-state index in [1.165, 1.54) is 12.1 Å². The van der Waals surface area contributed by atoms with E-state index in [0.717, 1.165) is 18.2 Å². The average Bonchev–Trinajstić information content (AvgIpc) is 3.60. The molecule has 0 spiro atoms. The van der Waals surface area contributed by atoms with Crippen LogP contribution in [0.1, 0.15) is 37.2 Å². The van der Waals surface area contributed by atoms with Crippen molar-refractivity contribution in [1.29, 1.82) is 0 Å². The highest BCUT2D eigenvalue weighted by Crippen LogP contribution is 2.38. The topological polar surface area (TPSA) is 91.6 Å². The summed E-state index contributed by atoms with van der Waals surface area (Å²) in [6, 6.07) is 7.33. The van der Waals surface area contributed by atoms with Gasteiger partial charge in [0.1, 0.15) is 29.4 Å².